The number of halogens is 1. The predicted molar refractivity (Wildman–Crippen MR) is 53.1 cm³/mol. The van der Waals surface area contributed by atoms with Crippen LogP contribution in [-0.2, 0) is 0 Å². The average molecular weight is 203 g/mol. The lowest BCUT2D eigenvalue weighted by Crippen LogP contribution is -2.53. The van der Waals surface area contributed by atoms with Crippen molar-refractivity contribution in [1.82, 2.24) is 4.98 Å². The van der Waals surface area contributed by atoms with Crippen LogP contribution in [0.2, 0.25) is 4.34 Å². The normalized spacial score (nSPS) is 20.8. The van der Waals surface area contributed by atoms with Crippen molar-refractivity contribution >= 4 is 28.1 Å². The van der Waals surface area contributed by atoms with Crippen molar-refractivity contribution in [2.75, 3.05) is 18.0 Å². The van der Waals surface area contributed by atoms with Crippen LogP contribution in [0, 0.1) is 5.41 Å². The Morgan fingerprint density at radius 2 is 2.25 bits per heavy atom. The molecule has 2 nitrogen and oxygen atoms in total. The fourth-order valence-electron chi connectivity index (χ4n) is 1.51. The third-order valence-corrected chi connectivity index (χ3v) is 3.15. The lowest BCUT2D eigenvalue weighted by molar-refractivity contribution is 0.276. The molecule has 0 saturated carbocycles. The molecule has 4 heteroatoms. The van der Waals surface area contributed by atoms with Crippen molar-refractivity contribution in [3.05, 3.63) is 10.5 Å². The molecule has 0 atom stereocenters. The summed E-state index contributed by atoms with van der Waals surface area (Å²) in [7, 11) is 0. The minimum Gasteiger partial charge on any atom is -0.347 e. The molecule has 0 aliphatic carbocycles. The summed E-state index contributed by atoms with van der Waals surface area (Å²) in [6.45, 7) is 6.71. The topological polar surface area (TPSA) is 16.1 Å². The molecular weight excluding hydrogens is 192 g/mol. The third-order valence-electron chi connectivity index (χ3n) is 1.97. The van der Waals surface area contributed by atoms with Gasteiger partial charge in [-0.05, 0) is 5.41 Å². The number of aromatic nitrogens is 1. The molecule has 12 heavy (non-hydrogen) atoms. The van der Waals surface area contributed by atoms with Crippen LogP contribution in [0.15, 0.2) is 6.20 Å². The van der Waals surface area contributed by atoms with E-state index in [1.165, 1.54) is 0 Å². The van der Waals surface area contributed by atoms with Gasteiger partial charge in [-0.3, -0.25) is 0 Å². The maximum absolute atomic E-state index is 5.79. The molecule has 1 aliphatic heterocycles. The van der Waals surface area contributed by atoms with Crippen LogP contribution >= 0.6 is 22.9 Å². The molecule has 1 aromatic heterocycles. The monoisotopic (exact) mass is 202 g/mol. The fraction of sp³-hybridized carbons (Fsp3) is 0.625. The molecule has 0 amide bonds. The molecule has 2 heterocycles. The van der Waals surface area contributed by atoms with E-state index in [-0.39, 0.29) is 0 Å². The molecule has 1 fully saturated rings. The highest BCUT2D eigenvalue weighted by Crippen LogP contribution is 2.36. The first-order valence-corrected chi connectivity index (χ1v) is 5.13. The fourth-order valence-corrected chi connectivity index (χ4v) is 2.41. The Morgan fingerprint density at radius 1 is 1.58 bits per heavy atom. The number of rotatable bonds is 1. The Hall–Kier alpha value is -0.280. The zero-order valence-electron chi connectivity index (χ0n) is 7.17. The van der Waals surface area contributed by atoms with E-state index in [0.717, 1.165) is 22.6 Å². The van der Waals surface area contributed by atoms with Crippen molar-refractivity contribution in [2.45, 2.75) is 13.8 Å². The van der Waals surface area contributed by atoms with E-state index in [1.54, 1.807) is 17.5 Å². The summed E-state index contributed by atoms with van der Waals surface area (Å²) in [5, 5.41) is 1.05. The molecular formula is C8H11ClN2S. The van der Waals surface area contributed by atoms with Gasteiger partial charge < -0.3 is 4.90 Å². The SMILES string of the molecule is CC1(C)CN(c2ncc(Cl)s2)C1. The van der Waals surface area contributed by atoms with Crippen molar-refractivity contribution < 1.29 is 0 Å². The van der Waals surface area contributed by atoms with Crippen LogP contribution in [0.5, 0.6) is 0 Å². The van der Waals surface area contributed by atoms with Crippen molar-refractivity contribution in [1.29, 1.82) is 0 Å². The molecule has 1 aliphatic rings. The van der Waals surface area contributed by atoms with Gasteiger partial charge in [0.1, 0.15) is 4.34 Å². The van der Waals surface area contributed by atoms with Gasteiger partial charge >= 0.3 is 0 Å². The quantitative estimate of drug-likeness (QED) is 0.696. The molecule has 0 aromatic carbocycles. The molecule has 66 valence electrons. The van der Waals surface area contributed by atoms with E-state index in [4.69, 9.17) is 11.6 Å². The van der Waals surface area contributed by atoms with Gasteiger partial charge in [-0.2, -0.15) is 0 Å². The summed E-state index contributed by atoms with van der Waals surface area (Å²) in [6.07, 6.45) is 1.72. The zero-order chi connectivity index (χ0) is 8.77. The first-order valence-electron chi connectivity index (χ1n) is 3.93. The zero-order valence-corrected chi connectivity index (χ0v) is 8.74. The standard InChI is InChI=1S/C8H11ClN2S/c1-8(2)4-11(5-8)7-10-3-6(9)12-7/h3H,4-5H2,1-2H3. The second-order valence-electron chi connectivity index (χ2n) is 3.97. The van der Waals surface area contributed by atoms with E-state index < -0.39 is 0 Å². The van der Waals surface area contributed by atoms with Crippen LogP contribution in [0.3, 0.4) is 0 Å². The highest BCUT2D eigenvalue weighted by atomic mass is 35.5. The maximum Gasteiger partial charge on any atom is 0.186 e. The minimum absolute atomic E-state index is 0.456. The van der Waals surface area contributed by atoms with Crippen molar-refractivity contribution in [2.24, 2.45) is 5.41 Å². The number of anilines is 1. The second kappa shape index (κ2) is 2.60. The Balaban J connectivity index is 2.06. The first-order chi connectivity index (χ1) is 5.57. The predicted octanol–water partition coefficient (Wildman–Crippen LogP) is 2.64. The van der Waals surface area contributed by atoms with Gasteiger partial charge in [-0.25, -0.2) is 4.98 Å². The van der Waals surface area contributed by atoms with Crippen LogP contribution in [-0.4, -0.2) is 18.1 Å². The van der Waals surface area contributed by atoms with Gasteiger partial charge in [-0.15, -0.1) is 0 Å². The first kappa shape index (κ1) is 8.32. The Labute approximate surface area is 81.2 Å². The smallest absolute Gasteiger partial charge is 0.186 e. The maximum atomic E-state index is 5.79. The Morgan fingerprint density at radius 3 is 2.67 bits per heavy atom. The highest BCUT2D eigenvalue weighted by molar-refractivity contribution is 7.19. The van der Waals surface area contributed by atoms with Gasteiger partial charge in [0.2, 0.25) is 0 Å². The van der Waals surface area contributed by atoms with Crippen LogP contribution in [0.25, 0.3) is 0 Å². The molecule has 1 saturated heterocycles. The Bertz CT molecular complexity index is 287. The molecule has 0 bridgehead atoms. The summed E-state index contributed by atoms with van der Waals surface area (Å²) in [4.78, 5) is 6.48. The number of thiazole rings is 1. The van der Waals surface area contributed by atoms with Gasteiger partial charge in [0.05, 0.1) is 6.20 Å². The second-order valence-corrected chi connectivity index (χ2v) is 5.61. The van der Waals surface area contributed by atoms with Crippen molar-refractivity contribution in [3.63, 3.8) is 0 Å². The summed E-state index contributed by atoms with van der Waals surface area (Å²) >= 11 is 7.34. The Kier molecular flexibility index (Phi) is 1.81. The van der Waals surface area contributed by atoms with E-state index >= 15 is 0 Å². The van der Waals surface area contributed by atoms with Gasteiger partial charge in [0.25, 0.3) is 0 Å². The average Bonchev–Trinajstić information content (AvgIpc) is 2.30. The van der Waals surface area contributed by atoms with Gasteiger partial charge in [0.15, 0.2) is 5.13 Å². The van der Waals surface area contributed by atoms with E-state index in [1.807, 2.05) is 0 Å². The summed E-state index contributed by atoms with van der Waals surface area (Å²) < 4.78 is 0.773. The number of hydrogen-bond donors (Lipinski definition) is 0. The van der Waals surface area contributed by atoms with Crippen LogP contribution in [0.1, 0.15) is 13.8 Å². The lowest BCUT2D eigenvalue weighted by Gasteiger charge is -2.45. The van der Waals surface area contributed by atoms with E-state index in [9.17, 15) is 0 Å². The van der Waals surface area contributed by atoms with Gasteiger partial charge in [-0.1, -0.05) is 36.8 Å². The lowest BCUT2D eigenvalue weighted by atomic mass is 9.85. The summed E-state index contributed by atoms with van der Waals surface area (Å²) in [5.41, 5.74) is 0.456. The molecule has 0 unspecified atom stereocenters. The highest BCUT2D eigenvalue weighted by Gasteiger charge is 2.35. The molecule has 1 aromatic rings. The van der Waals surface area contributed by atoms with E-state index in [0.29, 0.717) is 5.41 Å². The molecule has 0 radical (unpaired) electrons. The largest absolute Gasteiger partial charge is 0.347 e. The third kappa shape index (κ3) is 1.43. The van der Waals surface area contributed by atoms with Crippen molar-refractivity contribution in [3.8, 4) is 0 Å². The van der Waals surface area contributed by atoms with Crippen LogP contribution < -0.4 is 4.90 Å². The summed E-state index contributed by atoms with van der Waals surface area (Å²) in [6, 6.07) is 0. The van der Waals surface area contributed by atoms with Crippen LogP contribution in [0.4, 0.5) is 5.13 Å². The number of nitrogens with zero attached hydrogens (tertiary/aromatic N) is 2. The molecule has 0 spiro atoms. The molecule has 2 rings (SSSR count). The summed E-state index contributed by atoms with van der Waals surface area (Å²) in [5.74, 6) is 0. The molecule has 0 N–H and O–H groups in total. The minimum atomic E-state index is 0.456. The van der Waals surface area contributed by atoms with Gasteiger partial charge in [0, 0.05) is 13.1 Å². The number of hydrogen-bond acceptors (Lipinski definition) is 3. The van der Waals surface area contributed by atoms with E-state index in [2.05, 4.69) is 23.7 Å².